The predicted octanol–water partition coefficient (Wildman–Crippen LogP) is 3.76. The van der Waals surface area contributed by atoms with E-state index < -0.39 is 0 Å². The molecule has 0 aliphatic rings. The molecular formula is C16H19Cl2N3O2S. The molecule has 0 spiro atoms. The van der Waals surface area contributed by atoms with Gasteiger partial charge in [0, 0.05) is 17.5 Å². The van der Waals surface area contributed by atoms with E-state index in [0.29, 0.717) is 21.7 Å². The molecular weight excluding hydrogens is 369 g/mol. The topological polar surface area (TPSA) is 65.5 Å². The van der Waals surface area contributed by atoms with Crippen LogP contribution in [0.5, 0.6) is 0 Å². The number of amides is 1. The molecule has 2 rings (SSSR count). The lowest BCUT2D eigenvalue weighted by Crippen LogP contribution is -2.35. The molecule has 0 atom stereocenters. The van der Waals surface area contributed by atoms with Crippen molar-refractivity contribution >= 4 is 45.6 Å². The third-order valence-electron chi connectivity index (χ3n) is 3.29. The van der Waals surface area contributed by atoms with Gasteiger partial charge in [-0.3, -0.25) is 9.69 Å². The summed E-state index contributed by atoms with van der Waals surface area (Å²) in [6, 6.07) is 5.29. The lowest BCUT2D eigenvalue weighted by atomic mass is 10.2. The fourth-order valence-electron chi connectivity index (χ4n) is 2.21. The van der Waals surface area contributed by atoms with Gasteiger partial charge in [0.2, 0.25) is 5.91 Å². The molecule has 2 aromatic rings. The molecule has 0 radical (unpaired) electrons. The summed E-state index contributed by atoms with van der Waals surface area (Å²) in [6.07, 6.45) is 0.923. The highest BCUT2D eigenvalue weighted by Crippen LogP contribution is 2.30. The fourth-order valence-corrected chi connectivity index (χ4v) is 3.24. The number of aliphatic hydroxyl groups is 1. The zero-order valence-corrected chi connectivity index (χ0v) is 15.6. The summed E-state index contributed by atoms with van der Waals surface area (Å²) in [7, 11) is 0. The third kappa shape index (κ3) is 5.43. The van der Waals surface area contributed by atoms with Gasteiger partial charge in [0.05, 0.1) is 28.9 Å². The van der Waals surface area contributed by atoms with Gasteiger partial charge in [-0.2, -0.15) is 0 Å². The minimum Gasteiger partial charge on any atom is -0.395 e. The van der Waals surface area contributed by atoms with Crippen LogP contribution in [0.2, 0.25) is 10.0 Å². The Morgan fingerprint density at radius 3 is 2.79 bits per heavy atom. The van der Waals surface area contributed by atoms with Crippen molar-refractivity contribution in [3.05, 3.63) is 33.6 Å². The first-order chi connectivity index (χ1) is 11.5. The lowest BCUT2D eigenvalue weighted by molar-refractivity contribution is -0.117. The van der Waals surface area contributed by atoms with Gasteiger partial charge in [0.1, 0.15) is 0 Å². The van der Waals surface area contributed by atoms with Crippen LogP contribution in [0.1, 0.15) is 13.3 Å². The zero-order valence-electron chi connectivity index (χ0n) is 13.3. The molecule has 0 saturated carbocycles. The van der Waals surface area contributed by atoms with Crippen molar-refractivity contribution in [1.29, 1.82) is 0 Å². The number of aliphatic hydroxyl groups excluding tert-OH is 1. The number of hydrogen-bond donors (Lipinski definition) is 2. The second-order valence-electron chi connectivity index (χ2n) is 5.21. The molecule has 0 fully saturated rings. The summed E-state index contributed by atoms with van der Waals surface area (Å²) in [5.41, 5.74) is 1.57. The highest BCUT2D eigenvalue weighted by Gasteiger charge is 2.12. The zero-order chi connectivity index (χ0) is 17.5. The van der Waals surface area contributed by atoms with E-state index >= 15 is 0 Å². The molecule has 24 heavy (non-hydrogen) atoms. The lowest BCUT2D eigenvalue weighted by Gasteiger charge is -2.19. The highest BCUT2D eigenvalue weighted by atomic mass is 35.5. The van der Waals surface area contributed by atoms with E-state index in [9.17, 15) is 4.79 Å². The van der Waals surface area contributed by atoms with Crippen molar-refractivity contribution in [2.75, 3.05) is 31.6 Å². The number of aromatic nitrogens is 1. The van der Waals surface area contributed by atoms with Gasteiger partial charge in [-0.25, -0.2) is 4.98 Å². The van der Waals surface area contributed by atoms with Crippen LogP contribution in [-0.2, 0) is 4.79 Å². The van der Waals surface area contributed by atoms with Gasteiger partial charge in [-0.1, -0.05) is 36.2 Å². The van der Waals surface area contributed by atoms with E-state index in [1.54, 1.807) is 12.1 Å². The second kappa shape index (κ2) is 9.34. The van der Waals surface area contributed by atoms with Crippen LogP contribution >= 0.6 is 34.5 Å². The quantitative estimate of drug-likeness (QED) is 0.723. The number of thiazole rings is 1. The Morgan fingerprint density at radius 1 is 1.33 bits per heavy atom. The molecule has 1 aromatic carbocycles. The molecule has 0 aliphatic carbocycles. The van der Waals surface area contributed by atoms with Gasteiger partial charge >= 0.3 is 0 Å². The van der Waals surface area contributed by atoms with Crippen LogP contribution in [0.3, 0.4) is 0 Å². The van der Waals surface area contributed by atoms with Crippen molar-refractivity contribution < 1.29 is 9.90 Å². The SMILES string of the molecule is CCCN(CCO)CC(=O)Nc1nc(-c2ccc(Cl)c(Cl)c2)cs1. The molecule has 8 heteroatoms. The number of hydrogen-bond acceptors (Lipinski definition) is 5. The summed E-state index contributed by atoms with van der Waals surface area (Å²) in [4.78, 5) is 18.4. The average molecular weight is 388 g/mol. The Bertz CT molecular complexity index is 688. The number of anilines is 1. The van der Waals surface area contributed by atoms with Crippen LogP contribution in [0.4, 0.5) is 5.13 Å². The second-order valence-corrected chi connectivity index (χ2v) is 6.89. The molecule has 0 saturated heterocycles. The smallest absolute Gasteiger partial charge is 0.240 e. The van der Waals surface area contributed by atoms with Crippen LogP contribution in [-0.4, -0.2) is 47.1 Å². The Labute approximate surface area is 155 Å². The Hall–Kier alpha value is -1.18. The molecule has 0 bridgehead atoms. The van der Waals surface area contributed by atoms with Gasteiger partial charge in [-0.15, -0.1) is 11.3 Å². The third-order valence-corrected chi connectivity index (χ3v) is 4.79. The van der Waals surface area contributed by atoms with E-state index in [0.717, 1.165) is 24.2 Å². The number of nitrogens with one attached hydrogen (secondary N) is 1. The Balaban J connectivity index is 2.00. The predicted molar refractivity (Wildman–Crippen MR) is 100 cm³/mol. The number of carbonyl (C=O) groups is 1. The van der Waals surface area contributed by atoms with E-state index in [-0.39, 0.29) is 19.1 Å². The molecule has 1 amide bonds. The van der Waals surface area contributed by atoms with Gasteiger partial charge in [-0.05, 0) is 25.1 Å². The van der Waals surface area contributed by atoms with Crippen LogP contribution in [0, 0.1) is 0 Å². The Morgan fingerprint density at radius 2 is 2.12 bits per heavy atom. The monoisotopic (exact) mass is 387 g/mol. The highest BCUT2D eigenvalue weighted by molar-refractivity contribution is 7.14. The first-order valence-corrected chi connectivity index (χ1v) is 9.21. The summed E-state index contributed by atoms with van der Waals surface area (Å²) in [5, 5.41) is 15.2. The first-order valence-electron chi connectivity index (χ1n) is 7.57. The summed E-state index contributed by atoms with van der Waals surface area (Å²) >= 11 is 13.3. The molecule has 5 nitrogen and oxygen atoms in total. The number of halogens is 2. The van der Waals surface area contributed by atoms with Crippen LogP contribution < -0.4 is 5.32 Å². The number of rotatable bonds is 8. The standard InChI is InChI=1S/C16H19Cl2N3O2S/c1-2-5-21(6-7-22)9-15(23)20-16-19-14(10-24-16)11-3-4-12(17)13(18)8-11/h3-4,8,10,22H,2,5-7,9H2,1H3,(H,19,20,23). The molecule has 1 heterocycles. The maximum atomic E-state index is 12.1. The first kappa shape index (κ1) is 19.1. The van der Waals surface area contributed by atoms with Crippen molar-refractivity contribution in [2.24, 2.45) is 0 Å². The maximum Gasteiger partial charge on any atom is 0.240 e. The molecule has 2 N–H and O–H groups in total. The van der Waals surface area contributed by atoms with E-state index in [1.807, 2.05) is 23.3 Å². The van der Waals surface area contributed by atoms with Crippen molar-refractivity contribution in [3.63, 3.8) is 0 Å². The van der Waals surface area contributed by atoms with Crippen molar-refractivity contribution in [1.82, 2.24) is 9.88 Å². The Kier molecular flexibility index (Phi) is 7.45. The van der Waals surface area contributed by atoms with Crippen LogP contribution in [0.25, 0.3) is 11.3 Å². The van der Waals surface area contributed by atoms with E-state index in [2.05, 4.69) is 10.3 Å². The molecule has 1 aromatic heterocycles. The maximum absolute atomic E-state index is 12.1. The average Bonchev–Trinajstić information content (AvgIpc) is 2.99. The minimum absolute atomic E-state index is 0.0337. The minimum atomic E-state index is -0.146. The van der Waals surface area contributed by atoms with Crippen molar-refractivity contribution in [3.8, 4) is 11.3 Å². The summed E-state index contributed by atoms with van der Waals surface area (Å²) in [6.45, 7) is 3.54. The normalized spacial score (nSPS) is 11.0. The van der Waals surface area contributed by atoms with Gasteiger partial charge in [0.25, 0.3) is 0 Å². The number of nitrogens with zero attached hydrogens (tertiary/aromatic N) is 2. The fraction of sp³-hybridized carbons (Fsp3) is 0.375. The van der Waals surface area contributed by atoms with Gasteiger partial charge < -0.3 is 10.4 Å². The molecule has 0 aliphatic heterocycles. The molecule has 0 unspecified atom stereocenters. The van der Waals surface area contributed by atoms with Gasteiger partial charge in [0.15, 0.2) is 5.13 Å². The van der Waals surface area contributed by atoms with Crippen molar-refractivity contribution in [2.45, 2.75) is 13.3 Å². The summed E-state index contributed by atoms with van der Waals surface area (Å²) in [5.74, 6) is -0.146. The number of carbonyl (C=O) groups excluding carboxylic acids is 1. The summed E-state index contributed by atoms with van der Waals surface area (Å²) < 4.78 is 0. The number of benzene rings is 1. The van der Waals surface area contributed by atoms with E-state index in [1.165, 1.54) is 11.3 Å². The van der Waals surface area contributed by atoms with E-state index in [4.69, 9.17) is 28.3 Å². The molecule has 130 valence electrons. The van der Waals surface area contributed by atoms with Crippen LogP contribution in [0.15, 0.2) is 23.6 Å². The largest absolute Gasteiger partial charge is 0.395 e.